The Morgan fingerprint density at radius 3 is 2.44 bits per heavy atom. The van der Waals surface area contributed by atoms with Crippen LogP contribution in [0.25, 0.3) is 0 Å². The lowest BCUT2D eigenvalue weighted by molar-refractivity contribution is -0.128. The molecule has 4 N–H and O–H groups in total. The molecule has 0 saturated carbocycles. The van der Waals surface area contributed by atoms with E-state index < -0.39 is 6.04 Å². The van der Waals surface area contributed by atoms with E-state index in [0.717, 1.165) is 19.3 Å². The van der Waals surface area contributed by atoms with Crippen molar-refractivity contribution in [2.45, 2.75) is 52.5 Å². The van der Waals surface area contributed by atoms with E-state index in [1.807, 2.05) is 6.92 Å². The number of carbonyl (C=O) groups excluding carboxylic acids is 2. The maximum Gasteiger partial charge on any atom is 0.242 e. The number of nitrogens with one attached hydrogen (secondary N) is 2. The fourth-order valence-electron chi connectivity index (χ4n) is 1.59. The number of nitrogens with two attached hydrogens (primary N) is 1. The summed E-state index contributed by atoms with van der Waals surface area (Å²) in [6.45, 7) is 7.07. The zero-order chi connectivity index (χ0) is 14.0. The van der Waals surface area contributed by atoms with Crippen LogP contribution in [0.2, 0.25) is 0 Å². The van der Waals surface area contributed by atoms with Crippen molar-refractivity contribution in [1.29, 1.82) is 0 Å². The maximum atomic E-state index is 11.6. The van der Waals surface area contributed by atoms with E-state index in [0.29, 0.717) is 25.4 Å². The van der Waals surface area contributed by atoms with E-state index in [1.54, 1.807) is 6.92 Å². The summed E-state index contributed by atoms with van der Waals surface area (Å²) in [7, 11) is 0. The second kappa shape index (κ2) is 9.88. The second-order valence-electron chi connectivity index (χ2n) is 4.80. The Kier molecular flexibility index (Phi) is 9.28. The van der Waals surface area contributed by atoms with Gasteiger partial charge in [0.15, 0.2) is 0 Å². The maximum absolute atomic E-state index is 11.6. The third-order valence-electron chi connectivity index (χ3n) is 2.84. The van der Waals surface area contributed by atoms with Gasteiger partial charge in [-0.1, -0.05) is 13.8 Å². The van der Waals surface area contributed by atoms with E-state index in [9.17, 15) is 9.59 Å². The highest BCUT2D eigenvalue weighted by Gasteiger charge is 2.15. The normalized spacial score (nSPS) is 13.8. The monoisotopic (exact) mass is 257 g/mol. The largest absolute Gasteiger partial charge is 0.354 e. The third-order valence-corrected chi connectivity index (χ3v) is 2.84. The molecule has 0 aliphatic carbocycles. The third kappa shape index (κ3) is 8.06. The van der Waals surface area contributed by atoms with Gasteiger partial charge >= 0.3 is 0 Å². The lowest BCUT2D eigenvalue weighted by Gasteiger charge is -2.15. The van der Waals surface area contributed by atoms with Gasteiger partial charge in [-0.25, -0.2) is 0 Å². The van der Waals surface area contributed by atoms with Crippen LogP contribution >= 0.6 is 0 Å². The highest BCUT2D eigenvalue weighted by Crippen LogP contribution is 2.08. The summed E-state index contributed by atoms with van der Waals surface area (Å²) >= 11 is 0. The van der Waals surface area contributed by atoms with Gasteiger partial charge in [0.25, 0.3) is 0 Å². The molecule has 0 aliphatic heterocycles. The molecular weight excluding hydrogens is 230 g/mol. The number of carbonyl (C=O) groups is 2. The number of hydrogen-bond donors (Lipinski definition) is 3. The standard InChI is InChI=1S/C13H27N3O2/c1-4-9-15-13(18)11(3)16-12(17)6-5-10(2)7-8-14/h10-11H,4-9,14H2,1-3H3,(H,15,18)(H,16,17). The molecule has 2 unspecified atom stereocenters. The molecule has 0 bridgehead atoms. The van der Waals surface area contributed by atoms with Gasteiger partial charge in [-0.3, -0.25) is 9.59 Å². The minimum atomic E-state index is -0.464. The Labute approximate surface area is 110 Å². The Morgan fingerprint density at radius 2 is 1.89 bits per heavy atom. The molecule has 106 valence electrons. The van der Waals surface area contributed by atoms with Gasteiger partial charge in [-0.15, -0.1) is 0 Å². The molecule has 2 atom stereocenters. The minimum Gasteiger partial charge on any atom is -0.354 e. The number of rotatable bonds is 9. The van der Waals surface area contributed by atoms with Crippen LogP contribution < -0.4 is 16.4 Å². The van der Waals surface area contributed by atoms with Crippen molar-refractivity contribution in [2.24, 2.45) is 11.7 Å². The number of amides is 2. The molecule has 0 aromatic carbocycles. The second-order valence-corrected chi connectivity index (χ2v) is 4.80. The highest BCUT2D eigenvalue weighted by molar-refractivity contribution is 5.87. The van der Waals surface area contributed by atoms with Crippen LogP contribution in [0.1, 0.15) is 46.5 Å². The fraction of sp³-hybridized carbons (Fsp3) is 0.846. The molecular formula is C13H27N3O2. The molecule has 0 radical (unpaired) electrons. The quantitative estimate of drug-likeness (QED) is 0.571. The predicted molar refractivity (Wildman–Crippen MR) is 73.0 cm³/mol. The van der Waals surface area contributed by atoms with E-state index in [4.69, 9.17) is 5.73 Å². The Hall–Kier alpha value is -1.10. The van der Waals surface area contributed by atoms with Crippen molar-refractivity contribution in [3.05, 3.63) is 0 Å². The highest BCUT2D eigenvalue weighted by atomic mass is 16.2. The molecule has 0 rings (SSSR count). The van der Waals surface area contributed by atoms with Crippen LogP contribution in [0.15, 0.2) is 0 Å². The van der Waals surface area contributed by atoms with Gasteiger partial charge in [-0.2, -0.15) is 0 Å². The van der Waals surface area contributed by atoms with Crippen molar-refractivity contribution < 1.29 is 9.59 Å². The predicted octanol–water partition coefficient (Wildman–Crippen LogP) is 0.782. The van der Waals surface area contributed by atoms with E-state index in [1.165, 1.54) is 0 Å². The first-order chi connectivity index (χ1) is 8.51. The van der Waals surface area contributed by atoms with Crippen LogP contribution in [0.4, 0.5) is 0 Å². The van der Waals surface area contributed by atoms with Crippen LogP contribution in [0.3, 0.4) is 0 Å². The molecule has 0 aromatic heterocycles. The first kappa shape index (κ1) is 16.9. The molecule has 0 aliphatic rings. The van der Waals surface area contributed by atoms with Gasteiger partial charge < -0.3 is 16.4 Å². The Bertz CT molecular complexity index is 257. The lowest BCUT2D eigenvalue weighted by atomic mass is 10.0. The zero-order valence-electron chi connectivity index (χ0n) is 11.8. The molecule has 0 saturated heterocycles. The van der Waals surface area contributed by atoms with Gasteiger partial charge in [-0.05, 0) is 38.6 Å². The molecule has 0 spiro atoms. The van der Waals surface area contributed by atoms with Crippen LogP contribution in [0, 0.1) is 5.92 Å². The summed E-state index contributed by atoms with van der Waals surface area (Å²) < 4.78 is 0. The van der Waals surface area contributed by atoms with Gasteiger partial charge in [0.1, 0.15) is 6.04 Å². The molecule has 18 heavy (non-hydrogen) atoms. The van der Waals surface area contributed by atoms with Crippen molar-refractivity contribution >= 4 is 11.8 Å². The van der Waals surface area contributed by atoms with E-state index >= 15 is 0 Å². The van der Waals surface area contributed by atoms with E-state index in [-0.39, 0.29) is 11.8 Å². The zero-order valence-corrected chi connectivity index (χ0v) is 11.8. The summed E-state index contributed by atoms with van der Waals surface area (Å²) in [5.41, 5.74) is 5.45. The van der Waals surface area contributed by atoms with Gasteiger partial charge in [0, 0.05) is 13.0 Å². The van der Waals surface area contributed by atoms with Crippen molar-refractivity contribution in [2.75, 3.05) is 13.1 Å². The van der Waals surface area contributed by atoms with Crippen LogP contribution in [-0.2, 0) is 9.59 Å². The van der Waals surface area contributed by atoms with Gasteiger partial charge in [0.05, 0.1) is 0 Å². The lowest BCUT2D eigenvalue weighted by Crippen LogP contribution is -2.45. The number of hydrogen-bond acceptors (Lipinski definition) is 3. The van der Waals surface area contributed by atoms with E-state index in [2.05, 4.69) is 17.6 Å². The molecule has 0 fully saturated rings. The fourth-order valence-corrected chi connectivity index (χ4v) is 1.59. The molecule has 2 amide bonds. The summed E-state index contributed by atoms with van der Waals surface area (Å²) in [5, 5.41) is 5.46. The molecule has 5 nitrogen and oxygen atoms in total. The molecule has 5 heteroatoms. The summed E-state index contributed by atoms with van der Waals surface area (Å²) in [4.78, 5) is 23.2. The average Bonchev–Trinajstić information content (AvgIpc) is 2.33. The van der Waals surface area contributed by atoms with Gasteiger partial charge in [0.2, 0.25) is 11.8 Å². The first-order valence-electron chi connectivity index (χ1n) is 6.78. The topological polar surface area (TPSA) is 84.2 Å². The summed E-state index contributed by atoms with van der Waals surface area (Å²) in [6, 6.07) is -0.464. The van der Waals surface area contributed by atoms with Crippen LogP contribution in [0.5, 0.6) is 0 Å². The Balaban J connectivity index is 3.82. The van der Waals surface area contributed by atoms with Crippen molar-refractivity contribution in [3.8, 4) is 0 Å². The van der Waals surface area contributed by atoms with Crippen molar-refractivity contribution in [3.63, 3.8) is 0 Å². The Morgan fingerprint density at radius 1 is 1.22 bits per heavy atom. The molecule has 0 heterocycles. The van der Waals surface area contributed by atoms with Crippen molar-refractivity contribution in [1.82, 2.24) is 10.6 Å². The first-order valence-corrected chi connectivity index (χ1v) is 6.78. The SMILES string of the molecule is CCCNC(=O)C(C)NC(=O)CCC(C)CCN. The van der Waals surface area contributed by atoms with Crippen LogP contribution in [-0.4, -0.2) is 30.9 Å². The average molecular weight is 257 g/mol. The molecule has 0 aromatic rings. The smallest absolute Gasteiger partial charge is 0.242 e. The minimum absolute atomic E-state index is 0.0713. The summed E-state index contributed by atoms with van der Waals surface area (Å²) in [5.74, 6) is 0.253. The summed E-state index contributed by atoms with van der Waals surface area (Å²) in [6.07, 6.45) is 3.09.